The van der Waals surface area contributed by atoms with Gasteiger partial charge in [-0.2, -0.15) is 0 Å². The zero-order chi connectivity index (χ0) is 9.68. The number of hydrogen-bond acceptors (Lipinski definition) is 1. The fourth-order valence-electron chi connectivity index (χ4n) is 0.838. The van der Waals surface area contributed by atoms with Crippen molar-refractivity contribution >= 4 is 11.6 Å². The molecule has 1 atom stereocenters. The molecule has 0 heterocycles. The summed E-state index contributed by atoms with van der Waals surface area (Å²) in [4.78, 5) is 0. The second kappa shape index (κ2) is 5.07. The molecule has 1 rings (SSSR count). The van der Waals surface area contributed by atoms with Crippen LogP contribution in [0.15, 0.2) is 24.3 Å². The SMILES string of the molecule is CC(CCl)COc1ccccc1F. The lowest BCUT2D eigenvalue weighted by Gasteiger charge is -2.10. The Labute approximate surface area is 82.5 Å². The normalized spacial score (nSPS) is 12.5. The largest absolute Gasteiger partial charge is 0.490 e. The summed E-state index contributed by atoms with van der Waals surface area (Å²) in [5.74, 6) is 0.721. The van der Waals surface area contributed by atoms with Crippen LogP contribution in [0, 0.1) is 11.7 Å². The summed E-state index contributed by atoms with van der Waals surface area (Å²) in [6, 6.07) is 6.36. The zero-order valence-electron chi connectivity index (χ0n) is 7.47. The van der Waals surface area contributed by atoms with Crippen LogP contribution in [-0.4, -0.2) is 12.5 Å². The summed E-state index contributed by atoms with van der Waals surface area (Å²) >= 11 is 5.58. The van der Waals surface area contributed by atoms with Crippen LogP contribution in [0.2, 0.25) is 0 Å². The molecule has 3 heteroatoms. The minimum Gasteiger partial charge on any atom is -0.490 e. The van der Waals surface area contributed by atoms with E-state index in [0.29, 0.717) is 18.2 Å². The first-order valence-corrected chi connectivity index (χ1v) is 4.70. The molecule has 13 heavy (non-hydrogen) atoms. The lowest BCUT2D eigenvalue weighted by atomic mass is 10.2. The van der Waals surface area contributed by atoms with E-state index in [0.717, 1.165) is 0 Å². The summed E-state index contributed by atoms with van der Waals surface area (Å²) in [6.07, 6.45) is 0. The Morgan fingerprint density at radius 1 is 1.46 bits per heavy atom. The number of ether oxygens (including phenoxy) is 1. The Bertz CT molecular complexity index is 265. The highest BCUT2D eigenvalue weighted by Gasteiger charge is 2.04. The molecule has 0 saturated heterocycles. The Hall–Kier alpha value is -0.760. The summed E-state index contributed by atoms with van der Waals surface area (Å²) in [5, 5.41) is 0. The van der Waals surface area contributed by atoms with Gasteiger partial charge in [0.15, 0.2) is 11.6 Å². The molecule has 1 nitrogen and oxygen atoms in total. The van der Waals surface area contributed by atoms with E-state index in [1.165, 1.54) is 6.07 Å². The summed E-state index contributed by atoms with van der Waals surface area (Å²) in [6.45, 7) is 2.40. The van der Waals surface area contributed by atoms with Gasteiger partial charge in [-0.3, -0.25) is 0 Å². The van der Waals surface area contributed by atoms with E-state index in [1.54, 1.807) is 18.2 Å². The van der Waals surface area contributed by atoms with Gasteiger partial charge in [0.1, 0.15) is 0 Å². The Morgan fingerprint density at radius 3 is 2.77 bits per heavy atom. The third-order valence-electron chi connectivity index (χ3n) is 1.62. The van der Waals surface area contributed by atoms with Gasteiger partial charge in [0, 0.05) is 11.8 Å². The predicted molar refractivity (Wildman–Crippen MR) is 51.8 cm³/mol. The van der Waals surface area contributed by atoms with Crippen molar-refractivity contribution in [1.29, 1.82) is 0 Å². The second-order valence-electron chi connectivity index (χ2n) is 3.00. The average molecular weight is 203 g/mol. The highest BCUT2D eigenvalue weighted by Crippen LogP contribution is 2.16. The van der Waals surface area contributed by atoms with E-state index < -0.39 is 0 Å². The molecule has 1 unspecified atom stereocenters. The van der Waals surface area contributed by atoms with Gasteiger partial charge in [0.2, 0.25) is 0 Å². The van der Waals surface area contributed by atoms with Crippen LogP contribution >= 0.6 is 11.6 Å². The zero-order valence-corrected chi connectivity index (χ0v) is 8.22. The molecule has 0 aliphatic rings. The number of rotatable bonds is 4. The molecule has 0 amide bonds. The van der Waals surface area contributed by atoms with Gasteiger partial charge in [-0.1, -0.05) is 19.1 Å². The van der Waals surface area contributed by atoms with Crippen molar-refractivity contribution in [3.63, 3.8) is 0 Å². The first-order valence-electron chi connectivity index (χ1n) is 4.17. The van der Waals surface area contributed by atoms with Crippen molar-refractivity contribution in [2.75, 3.05) is 12.5 Å². The predicted octanol–water partition coefficient (Wildman–Crippen LogP) is 3.08. The first kappa shape index (κ1) is 10.3. The van der Waals surface area contributed by atoms with Crippen molar-refractivity contribution in [2.24, 2.45) is 5.92 Å². The number of para-hydroxylation sites is 1. The van der Waals surface area contributed by atoms with Crippen LogP contribution < -0.4 is 4.74 Å². The number of alkyl halides is 1. The van der Waals surface area contributed by atoms with E-state index in [-0.39, 0.29) is 11.7 Å². The highest BCUT2D eigenvalue weighted by atomic mass is 35.5. The maximum Gasteiger partial charge on any atom is 0.165 e. The molecule has 1 aromatic rings. The van der Waals surface area contributed by atoms with Crippen LogP contribution in [-0.2, 0) is 0 Å². The summed E-state index contributed by atoms with van der Waals surface area (Å²) in [7, 11) is 0. The summed E-state index contributed by atoms with van der Waals surface area (Å²) < 4.78 is 18.2. The van der Waals surface area contributed by atoms with Gasteiger partial charge in [-0.25, -0.2) is 4.39 Å². The van der Waals surface area contributed by atoms with E-state index in [2.05, 4.69) is 0 Å². The van der Waals surface area contributed by atoms with Crippen molar-refractivity contribution in [3.05, 3.63) is 30.1 Å². The monoisotopic (exact) mass is 202 g/mol. The maximum atomic E-state index is 13.0. The Kier molecular flexibility index (Phi) is 4.03. The molecule has 0 fully saturated rings. The highest BCUT2D eigenvalue weighted by molar-refractivity contribution is 6.18. The average Bonchev–Trinajstić information content (AvgIpc) is 2.16. The van der Waals surface area contributed by atoms with Gasteiger partial charge in [0.05, 0.1) is 6.61 Å². The van der Waals surface area contributed by atoms with Gasteiger partial charge < -0.3 is 4.74 Å². The molecular formula is C10H12ClFO. The molecule has 0 saturated carbocycles. The number of benzene rings is 1. The molecule has 0 aliphatic heterocycles. The molecule has 0 aliphatic carbocycles. The van der Waals surface area contributed by atoms with Gasteiger partial charge in [0.25, 0.3) is 0 Å². The van der Waals surface area contributed by atoms with Crippen LogP contribution in [0.3, 0.4) is 0 Å². The standard InChI is InChI=1S/C10H12ClFO/c1-8(6-11)7-13-10-5-3-2-4-9(10)12/h2-5,8H,6-7H2,1H3. The lowest BCUT2D eigenvalue weighted by molar-refractivity contribution is 0.261. The van der Waals surface area contributed by atoms with Crippen LogP contribution in [0.4, 0.5) is 4.39 Å². The molecule has 0 N–H and O–H groups in total. The molecule has 0 bridgehead atoms. The number of halogens is 2. The quantitative estimate of drug-likeness (QED) is 0.682. The Morgan fingerprint density at radius 2 is 2.15 bits per heavy atom. The van der Waals surface area contributed by atoms with E-state index >= 15 is 0 Å². The first-order chi connectivity index (χ1) is 6.24. The summed E-state index contributed by atoms with van der Waals surface area (Å²) in [5.41, 5.74) is 0. The van der Waals surface area contributed by atoms with Crippen LogP contribution in [0.1, 0.15) is 6.92 Å². The topological polar surface area (TPSA) is 9.23 Å². The van der Waals surface area contributed by atoms with Gasteiger partial charge in [-0.15, -0.1) is 11.6 Å². The minimum absolute atomic E-state index is 0.237. The molecule has 72 valence electrons. The molecule has 0 aromatic heterocycles. The fraction of sp³-hybridized carbons (Fsp3) is 0.400. The molecular weight excluding hydrogens is 191 g/mol. The maximum absolute atomic E-state index is 13.0. The third-order valence-corrected chi connectivity index (χ3v) is 2.15. The van der Waals surface area contributed by atoms with Crippen LogP contribution in [0.5, 0.6) is 5.75 Å². The molecule has 0 radical (unpaired) electrons. The van der Waals surface area contributed by atoms with E-state index in [9.17, 15) is 4.39 Å². The Balaban J connectivity index is 2.50. The van der Waals surface area contributed by atoms with Gasteiger partial charge >= 0.3 is 0 Å². The minimum atomic E-state index is -0.329. The van der Waals surface area contributed by atoms with E-state index in [4.69, 9.17) is 16.3 Å². The van der Waals surface area contributed by atoms with Crippen molar-refractivity contribution in [2.45, 2.75) is 6.92 Å². The smallest absolute Gasteiger partial charge is 0.165 e. The fourth-order valence-corrected chi connectivity index (χ4v) is 0.927. The van der Waals surface area contributed by atoms with Crippen molar-refractivity contribution < 1.29 is 9.13 Å². The third kappa shape index (κ3) is 3.23. The lowest BCUT2D eigenvalue weighted by Crippen LogP contribution is -2.10. The van der Waals surface area contributed by atoms with E-state index in [1.807, 2.05) is 6.92 Å². The number of hydrogen-bond donors (Lipinski definition) is 0. The van der Waals surface area contributed by atoms with Crippen molar-refractivity contribution in [3.8, 4) is 5.75 Å². The molecule has 1 aromatic carbocycles. The van der Waals surface area contributed by atoms with Crippen molar-refractivity contribution in [1.82, 2.24) is 0 Å². The second-order valence-corrected chi connectivity index (χ2v) is 3.31. The van der Waals surface area contributed by atoms with Gasteiger partial charge in [-0.05, 0) is 12.1 Å². The molecule has 0 spiro atoms. The van der Waals surface area contributed by atoms with Crippen LogP contribution in [0.25, 0.3) is 0 Å².